The molecule has 3 heterocycles. The number of alkyl carbamates (subject to hydrolysis) is 1. The van der Waals surface area contributed by atoms with Gasteiger partial charge in [0, 0.05) is 66.0 Å². The first kappa shape index (κ1) is 29.9. The fourth-order valence-electron chi connectivity index (χ4n) is 5.10. The summed E-state index contributed by atoms with van der Waals surface area (Å²) in [7, 11) is 1.80. The number of rotatable bonds is 9. The van der Waals surface area contributed by atoms with E-state index < -0.39 is 17.7 Å². The molecule has 3 saturated heterocycles. The van der Waals surface area contributed by atoms with Crippen LogP contribution in [0.5, 0.6) is 0 Å². The molecule has 3 rings (SSSR count). The number of carbonyl (C=O) groups excluding carboxylic acids is 2. The zero-order valence-electron chi connectivity index (χ0n) is 23.3. The summed E-state index contributed by atoms with van der Waals surface area (Å²) in [6.07, 6.45) is 1.82. The first-order valence-corrected chi connectivity index (χ1v) is 13.6. The number of nitrogens with one attached hydrogen (secondary N) is 2. The van der Waals surface area contributed by atoms with E-state index in [1.165, 1.54) is 0 Å². The van der Waals surface area contributed by atoms with Gasteiger partial charge in [-0.3, -0.25) is 25.3 Å². The number of amides is 2. The van der Waals surface area contributed by atoms with Crippen LogP contribution in [0.2, 0.25) is 0 Å². The maximum absolute atomic E-state index is 12.3. The number of guanidine groups is 1. The summed E-state index contributed by atoms with van der Waals surface area (Å²) in [5.74, 6) is -0.711. The normalized spacial score (nSPS) is 23.8. The van der Waals surface area contributed by atoms with Gasteiger partial charge in [-0.2, -0.15) is 0 Å². The van der Waals surface area contributed by atoms with Crippen LogP contribution in [0, 0.1) is 5.41 Å². The molecule has 2 amide bonds. The molecule has 0 aromatic rings. The summed E-state index contributed by atoms with van der Waals surface area (Å²) in [6, 6.07) is 0.00400. The van der Waals surface area contributed by atoms with Crippen molar-refractivity contribution in [2.75, 3.05) is 72.5 Å². The minimum atomic E-state index is -0.782. The maximum atomic E-state index is 12.3. The molecule has 0 aliphatic carbocycles. The van der Waals surface area contributed by atoms with Gasteiger partial charge in [0.1, 0.15) is 5.60 Å². The molecule has 3 aliphatic rings. The van der Waals surface area contributed by atoms with Crippen LogP contribution in [0.1, 0.15) is 46.5 Å². The predicted octanol–water partition coefficient (Wildman–Crippen LogP) is 1.10. The summed E-state index contributed by atoms with van der Waals surface area (Å²) in [5, 5.41) is 19.6. The Morgan fingerprint density at radius 3 is 2.24 bits per heavy atom. The molecule has 0 bridgehead atoms. The van der Waals surface area contributed by atoms with E-state index in [0.29, 0.717) is 19.6 Å². The highest BCUT2D eigenvalue weighted by Gasteiger charge is 2.43. The van der Waals surface area contributed by atoms with Gasteiger partial charge in [0.15, 0.2) is 6.23 Å². The quantitative estimate of drug-likeness (QED) is 0.222. The van der Waals surface area contributed by atoms with Crippen molar-refractivity contribution in [2.45, 2.75) is 64.3 Å². The first-order chi connectivity index (χ1) is 17.9. The first-order valence-electron chi connectivity index (χ1n) is 13.6. The number of hydrogen-bond donors (Lipinski definition) is 3. The van der Waals surface area contributed by atoms with E-state index in [9.17, 15) is 14.4 Å². The molecule has 3 aliphatic heterocycles. The average molecular weight is 540 g/mol. The molecule has 216 valence electrons. The summed E-state index contributed by atoms with van der Waals surface area (Å²) < 4.78 is 10.9. The molecule has 0 saturated carbocycles. The van der Waals surface area contributed by atoms with E-state index in [1.807, 2.05) is 4.90 Å². The number of carbonyl (C=O) groups is 3. The highest BCUT2D eigenvalue weighted by molar-refractivity contribution is 5.92. The van der Waals surface area contributed by atoms with Crippen LogP contribution in [-0.4, -0.2) is 144 Å². The topological polar surface area (TPSA) is 142 Å². The van der Waals surface area contributed by atoms with Crippen LogP contribution in [0.15, 0.2) is 0 Å². The van der Waals surface area contributed by atoms with Crippen LogP contribution in [-0.2, 0) is 14.3 Å². The Morgan fingerprint density at radius 1 is 1.03 bits per heavy atom. The summed E-state index contributed by atoms with van der Waals surface area (Å²) in [4.78, 5) is 45.4. The molecule has 2 atom stereocenters. The third-order valence-electron chi connectivity index (χ3n) is 7.28. The largest absolute Gasteiger partial charge is 0.481 e. The van der Waals surface area contributed by atoms with Crippen LogP contribution in [0.4, 0.5) is 9.59 Å². The van der Waals surface area contributed by atoms with Gasteiger partial charge in [-0.1, -0.05) is 0 Å². The number of unbranched alkanes of at least 4 members (excludes halogenated alkanes) is 1. The van der Waals surface area contributed by atoms with Gasteiger partial charge in [-0.05, 0) is 46.6 Å². The second-order valence-corrected chi connectivity index (χ2v) is 11.3. The Labute approximate surface area is 225 Å². The number of nitrogens with zero attached hydrogens (tertiary/aromatic N) is 5. The van der Waals surface area contributed by atoms with E-state index >= 15 is 0 Å². The monoisotopic (exact) mass is 539 g/mol. The fraction of sp³-hybridized carbons (Fsp3) is 0.840. The van der Waals surface area contributed by atoms with Gasteiger partial charge in [0.2, 0.25) is 5.96 Å². The third-order valence-corrected chi connectivity index (χ3v) is 7.28. The minimum absolute atomic E-state index is 0.00400. The lowest BCUT2D eigenvalue weighted by Crippen LogP contribution is -2.54. The van der Waals surface area contributed by atoms with Crippen molar-refractivity contribution in [3.05, 3.63) is 0 Å². The molecular formula is C25H45N7O6. The molecule has 0 radical (unpaired) electrons. The second-order valence-electron chi connectivity index (χ2n) is 11.3. The second kappa shape index (κ2) is 13.4. The standard InChI is InChI=1S/C25H45N7O6/c1-25(2,3)38-23(35)27-22(26)32-17-13-29(14-18-32)9-6-5-7-19-21(37-24(36)28(19)4)31-15-11-30(12-16-31)10-8-20(33)34/h19,21H,5-18H2,1-4H3,(H,33,34)(H2,26,27,35). The lowest BCUT2D eigenvalue weighted by Gasteiger charge is -2.38. The highest BCUT2D eigenvalue weighted by atomic mass is 16.6. The molecule has 38 heavy (non-hydrogen) atoms. The van der Waals surface area contributed by atoms with Crippen molar-refractivity contribution < 1.29 is 29.0 Å². The number of carboxylic acid groups (broad SMARTS) is 1. The third kappa shape index (κ3) is 8.98. The van der Waals surface area contributed by atoms with Crippen molar-refractivity contribution >= 4 is 24.1 Å². The number of likely N-dealkylation sites (N-methyl/N-ethyl adjacent to an activating group) is 1. The number of aliphatic carboxylic acids is 1. The zero-order chi connectivity index (χ0) is 27.9. The van der Waals surface area contributed by atoms with Crippen LogP contribution in [0.25, 0.3) is 0 Å². The fourth-order valence-corrected chi connectivity index (χ4v) is 5.10. The van der Waals surface area contributed by atoms with E-state index in [4.69, 9.17) is 20.0 Å². The molecule has 3 N–H and O–H groups in total. The Morgan fingerprint density at radius 2 is 1.63 bits per heavy atom. The minimum Gasteiger partial charge on any atom is -0.481 e. The average Bonchev–Trinajstić information content (AvgIpc) is 3.13. The van der Waals surface area contributed by atoms with Crippen LogP contribution < -0.4 is 5.32 Å². The number of hydrogen-bond acceptors (Lipinski definition) is 9. The number of ether oxygens (including phenoxy) is 2. The number of cyclic esters (lactones) is 1. The Bertz CT molecular complexity index is 835. The smallest absolute Gasteiger partial charge is 0.414 e. The van der Waals surface area contributed by atoms with Crippen molar-refractivity contribution in [1.82, 2.24) is 29.8 Å². The molecule has 13 nitrogen and oxygen atoms in total. The Kier molecular flexibility index (Phi) is 10.6. The predicted molar refractivity (Wildman–Crippen MR) is 141 cm³/mol. The number of piperazine rings is 2. The molecule has 0 aromatic carbocycles. The Hall–Kier alpha value is -2.64. The maximum Gasteiger partial charge on any atom is 0.414 e. The molecule has 13 heteroatoms. The SMILES string of the molecule is CN1C(=O)OC(N2CCN(CCC(=O)O)CC2)C1CCCCN1CCN(C(=N)NC(=O)OC(C)(C)C)CC1. The summed E-state index contributed by atoms with van der Waals surface area (Å²) >= 11 is 0. The van der Waals surface area contributed by atoms with Crippen LogP contribution >= 0.6 is 0 Å². The van der Waals surface area contributed by atoms with Gasteiger partial charge >= 0.3 is 18.2 Å². The van der Waals surface area contributed by atoms with Gasteiger partial charge in [-0.15, -0.1) is 0 Å². The summed E-state index contributed by atoms with van der Waals surface area (Å²) in [6.45, 7) is 12.9. The molecule has 0 aromatic heterocycles. The highest BCUT2D eigenvalue weighted by Crippen LogP contribution is 2.26. The van der Waals surface area contributed by atoms with Crippen molar-refractivity contribution in [2.24, 2.45) is 0 Å². The Balaban J connectivity index is 1.35. The lowest BCUT2D eigenvalue weighted by molar-refractivity contribution is -0.137. The summed E-state index contributed by atoms with van der Waals surface area (Å²) in [5.41, 5.74) is -0.603. The van der Waals surface area contributed by atoms with Crippen molar-refractivity contribution in [3.8, 4) is 0 Å². The molecular weight excluding hydrogens is 494 g/mol. The molecule has 3 fully saturated rings. The molecule has 2 unspecified atom stereocenters. The van der Waals surface area contributed by atoms with E-state index in [0.717, 1.165) is 65.1 Å². The van der Waals surface area contributed by atoms with Crippen molar-refractivity contribution in [3.63, 3.8) is 0 Å². The van der Waals surface area contributed by atoms with Gasteiger partial charge in [-0.25, -0.2) is 9.59 Å². The van der Waals surface area contributed by atoms with Gasteiger partial charge in [0.25, 0.3) is 0 Å². The van der Waals surface area contributed by atoms with Crippen LogP contribution in [0.3, 0.4) is 0 Å². The van der Waals surface area contributed by atoms with E-state index in [-0.39, 0.29) is 30.7 Å². The molecule has 0 spiro atoms. The van der Waals surface area contributed by atoms with E-state index in [1.54, 1.807) is 32.7 Å². The number of carboxylic acids is 1. The van der Waals surface area contributed by atoms with Gasteiger partial charge < -0.3 is 29.3 Å². The van der Waals surface area contributed by atoms with Crippen molar-refractivity contribution in [1.29, 1.82) is 5.41 Å². The van der Waals surface area contributed by atoms with E-state index in [2.05, 4.69) is 20.0 Å². The zero-order valence-corrected chi connectivity index (χ0v) is 23.3. The van der Waals surface area contributed by atoms with Gasteiger partial charge in [0.05, 0.1) is 12.5 Å². The lowest BCUT2D eigenvalue weighted by atomic mass is 10.1.